The summed E-state index contributed by atoms with van der Waals surface area (Å²) >= 11 is 0. The van der Waals surface area contributed by atoms with E-state index in [0.717, 1.165) is 24.0 Å². The molecular formula is C22H28O5. The number of hydrogen-bond acceptors (Lipinski definition) is 5. The first-order valence-electron chi connectivity index (χ1n) is 8.97. The van der Waals surface area contributed by atoms with Gasteiger partial charge < -0.3 is 24.1 Å². The summed E-state index contributed by atoms with van der Waals surface area (Å²) in [4.78, 5) is 0. The maximum absolute atomic E-state index is 8.75. The van der Waals surface area contributed by atoms with E-state index in [1.165, 1.54) is 11.1 Å². The quantitative estimate of drug-likeness (QED) is 0.345. The first-order chi connectivity index (χ1) is 13.2. The molecule has 5 nitrogen and oxygen atoms in total. The molecule has 0 aliphatic heterocycles. The summed E-state index contributed by atoms with van der Waals surface area (Å²) in [5, 5.41) is 8.75. The van der Waals surface area contributed by atoms with Crippen molar-refractivity contribution >= 4 is 0 Å². The summed E-state index contributed by atoms with van der Waals surface area (Å²) in [6, 6.07) is 12.1. The van der Waals surface area contributed by atoms with Crippen LogP contribution < -0.4 is 9.47 Å². The van der Waals surface area contributed by atoms with Crippen molar-refractivity contribution < 1.29 is 24.1 Å². The molecule has 0 amide bonds. The Bertz CT molecular complexity index is 698. The van der Waals surface area contributed by atoms with E-state index in [0.29, 0.717) is 24.7 Å². The van der Waals surface area contributed by atoms with Crippen LogP contribution in [0, 0.1) is 6.92 Å². The van der Waals surface area contributed by atoms with Crippen LogP contribution in [0.25, 0.3) is 11.1 Å². The monoisotopic (exact) mass is 372 g/mol. The van der Waals surface area contributed by atoms with Crippen molar-refractivity contribution in [1.29, 1.82) is 0 Å². The van der Waals surface area contributed by atoms with Crippen LogP contribution in [0.5, 0.6) is 11.5 Å². The van der Waals surface area contributed by atoms with Gasteiger partial charge in [-0.2, -0.15) is 0 Å². The Morgan fingerprint density at radius 1 is 1.00 bits per heavy atom. The Kier molecular flexibility index (Phi) is 8.84. The van der Waals surface area contributed by atoms with Crippen molar-refractivity contribution in [3.8, 4) is 22.6 Å². The highest BCUT2D eigenvalue weighted by atomic mass is 16.7. The molecule has 146 valence electrons. The molecule has 2 aromatic rings. The van der Waals surface area contributed by atoms with Crippen molar-refractivity contribution in [3.63, 3.8) is 0 Å². The lowest BCUT2D eigenvalue weighted by Gasteiger charge is -2.13. The van der Waals surface area contributed by atoms with E-state index >= 15 is 0 Å². The standard InChI is InChI=1S/C22H28O5/c1-4-5-6-18-7-8-19(11-17(18)2)20-12-21(26-10-9-24-3)14-22(13-20)27-16-25-15-23/h4,7-8,11-14,23H,1,5-6,9-10,15-16H2,2-3H3. The summed E-state index contributed by atoms with van der Waals surface area (Å²) in [7, 11) is 1.64. The van der Waals surface area contributed by atoms with Crippen molar-refractivity contribution in [2.75, 3.05) is 33.9 Å². The molecule has 0 saturated carbocycles. The highest BCUT2D eigenvalue weighted by Crippen LogP contribution is 2.31. The second kappa shape index (κ2) is 11.4. The number of ether oxygens (including phenoxy) is 4. The van der Waals surface area contributed by atoms with Gasteiger partial charge in [0.2, 0.25) is 0 Å². The van der Waals surface area contributed by atoms with E-state index in [1.807, 2.05) is 18.2 Å². The summed E-state index contributed by atoms with van der Waals surface area (Å²) < 4.78 is 21.2. The van der Waals surface area contributed by atoms with Gasteiger partial charge in [0.1, 0.15) is 24.9 Å². The number of aryl methyl sites for hydroxylation is 2. The predicted molar refractivity (Wildman–Crippen MR) is 106 cm³/mol. The lowest BCUT2D eigenvalue weighted by molar-refractivity contribution is -0.0653. The summed E-state index contributed by atoms with van der Waals surface area (Å²) in [6.45, 7) is 6.45. The van der Waals surface area contributed by atoms with Crippen LogP contribution >= 0.6 is 0 Å². The Balaban J connectivity index is 2.26. The highest BCUT2D eigenvalue weighted by molar-refractivity contribution is 5.68. The first kappa shape index (κ1) is 21.0. The maximum Gasteiger partial charge on any atom is 0.191 e. The van der Waals surface area contributed by atoms with Crippen LogP contribution in [0.15, 0.2) is 49.1 Å². The van der Waals surface area contributed by atoms with Crippen LogP contribution in [0.1, 0.15) is 17.5 Å². The van der Waals surface area contributed by atoms with Crippen molar-refractivity contribution in [2.45, 2.75) is 19.8 Å². The molecule has 2 aromatic carbocycles. The van der Waals surface area contributed by atoms with Crippen molar-refractivity contribution in [1.82, 2.24) is 0 Å². The maximum atomic E-state index is 8.75. The number of rotatable bonds is 12. The molecule has 0 aliphatic rings. The molecule has 5 heteroatoms. The van der Waals surface area contributed by atoms with E-state index in [2.05, 4.69) is 31.7 Å². The van der Waals surface area contributed by atoms with Crippen molar-refractivity contribution in [2.24, 2.45) is 0 Å². The van der Waals surface area contributed by atoms with Gasteiger partial charge in [0, 0.05) is 13.2 Å². The van der Waals surface area contributed by atoms with Gasteiger partial charge in [-0.3, -0.25) is 0 Å². The van der Waals surface area contributed by atoms with Gasteiger partial charge in [0.05, 0.1) is 6.61 Å². The van der Waals surface area contributed by atoms with E-state index in [1.54, 1.807) is 13.2 Å². The average molecular weight is 372 g/mol. The number of aliphatic hydroxyl groups is 1. The van der Waals surface area contributed by atoms with Gasteiger partial charge in [0.25, 0.3) is 0 Å². The van der Waals surface area contributed by atoms with E-state index < -0.39 is 0 Å². The van der Waals surface area contributed by atoms with Crippen LogP contribution in [0.4, 0.5) is 0 Å². The minimum Gasteiger partial charge on any atom is -0.491 e. The van der Waals surface area contributed by atoms with Crippen LogP contribution in [-0.4, -0.2) is 39.0 Å². The molecule has 0 spiro atoms. The summed E-state index contributed by atoms with van der Waals surface area (Å²) in [6.07, 6.45) is 3.89. The lowest BCUT2D eigenvalue weighted by Crippen LogP contribution is -2.06. The molecule has 0 atom stereocenters. The number of aliphatic hydroxyl groups excluding tert-OH is 1. The number of benzene rings is 2. The van der Waals surface area contributed by atoms with Gasteiger partial charge >= 0.3 is 0 Å². The Morgan fingerprint density at radius 2 is 1.78 bits per heavy atom. The molecule has 0 aromatic heterocycles. The third-order valence-electron chi connectivity index (χ3n) is 4.13. The Morgan fingerprint density at radius 3 is 2.44 bits per heavy atom. The first-order valence-corrected chi connectivity index (χ1v) is 8.97. The second-order valence-electron chi connectivity index (χ2n) is 6.10. The molecule has 0 unspecified atom stereocenters. The SMILES string of the molecule is C=CCCc1ccc(-c2cc(OCCOC)cc(OCOCO)c2)cc1C. The fourth-order valence-electron chi connectivity index (χ4n) is 2.71. The lowest BCUT2D eigenvalue weighted by atomic mass is 9.97. The van der Waals surface area contributed by atoms with Crippen LogP contribution in [0.3, 0.4) is 0 Å². The van der Waals surface area contributed by atoms with Gasteiger partial charge in [-0.1, -0.05) is 24.3 Å². The smallest absolute Gasteiger partial charge is 0.191 e. The normalized spacial score (nSPS) is 10.6. The van der Waals surface area contributed by atoms with Crippen LogP contribution in [-0.2, 0) is 15.9 Å². The average Bonchev–Trinajstić information content (AvgIpc) is 2.67. The fraction of sp³-hybridized carbons (Fsp3) is 0.364. The molecule has 0 fully saturated rings. The zero-order valence-corrected chi connectivity index (χ0v) is 16.1. The number of hydrogen-bond donors (Lipinski definition) is 1. The Hall–Kier alpha value is -2.34. The summed E-state index contributed by atoms with van der Waals surface area (Å²) in [5.74, 6) is 1.30. The molecular weight excluding hydrogens is 344 g/mol. The molecule has 2 rings (SSSR count). The fourth-order valence-corrected chi connectivity index (χ4v) is 2.71. The molecule has 0 saturated heterocycles. The van der Waals surface area contributed by atoms with Crippen LogP contribution in [0.2, 0.25) is 0 Å². The highest BCUT2D eigenvalue weighted by Gasteiger charge is 2.08. The molecule has 0 aliphatic carbocycles. The molecule has 0 heterocycles. The van der Waals surface area contributed by atoms with E-state index in [9.17, 15) is 0 Å². The predicted octanol–water partition coefficient (Wildman–Crippen LogP) is 4.11. The van der Waals surface area contributed by atoms with Gasteiger partial charge in [-0.15, -0.1) is 6.58 Å². The zero-order valence-electron chi connectivity index (χ0n) is 16.1. The molecule has 27 heavy (non-hydrogen) atoms. The van der Waals surface area contributed by atoms with Gasteiger partial charge in [0.15, 0.2) is 6.79 Å². The second-order valence-corrected chi connectivity index (χ2v) is 6.10. The number of allylic oxidation sites excluding steroid dienone is 1. The third-order valence-corrected chi connectivity index (χ3v) is 4.13. The van der Waals surface area contributed by atoms with Gasteiger partial charge in [-0.05, 0) is 54.2 Å². The zero-order chi connectivity index (χ0) is 19.5. The molecule has 1 N–H and O–H groups in total. The van der Waals surface area contributed by atoms with Crippen molar-refractivity contribution in [3.05, 3.63) is 60.2 Å². The molecule has 0 bridgehead atoms. The summed E-state index contributed by atoms with van der Waals surface area (Å²) in [5.41, 5.74) is 4.63. The molecule has 0 radical (unpaired) electrons. The third kappa shape index (κ3) is 6.71. The topological polar surface area (TPSA) is 57.2 Å². The number of methoxy groups -OCH3 is 1. The van der Waals surface area contributed by atoms with E-state index in [4.69, 9.17) is 24.1 Å². The van der Waals surface area contributed by atoms with E-state index in [-0.39, 0.29) is 13.6 Å². The minimum atomic E-state index is -0.387. The largest absolute Gasteiger partial charge is 0.491 e. The van der Waals surface area contributed by atoms with Gasteiger partial charge in [-0.25, -0.2) is 0 Å². The Labute approximate surface area is 161 Å². The minimum absolute atomic E-state index is 0.0308.